The second-order valence-corrected chi connectivity index (χ2v) is 9.36. The molecule has 1 aliphatic heterocycles. The van der Waals surface area contributed by atoms with E-state index in [0.29, 0.717) is 36.8 Å². The summed E-state index contributed by atoms with van der Waals surface area (Å²) in [6, 6.07) is 3.40. The Morgan fingerprint density at radius 3 is 2.20 bits per heavy atom. The van der Waals surface area contributed by atoms with Gasteiger partial charge in [0.2, 0.25) is 5.75 Å². The molecule has 8 nitrogen and oxygen atoms in total. The van der Waals surface area contributed by atoms with Gasteiger partial charge in [0.1, 0.15) is 12.1 Å². The van der Waals surface area contributed by atoms with Gasteiger partial charge in [0.15, 0.2) is 11.5 Å². The van der Waals surface area contributed by atoms with Crippen molar-refractivity contribution in [3.63, 3.8) is 0 Å². The van der Waals surface area contributed by atoms with E-state index >= 15 is 0 Å². The van der Waals surface area contributed by atoms with Gasteiger partial charge in [0.25, 0.3) is 0 Å². The molecule has 0 N–H and O–H groups in total. The number of carbonyl (C=O) groups excluding carboxylic acids is 2. The molecule has 0 unspecified atom stereocenters. The van der Waals surface area contributed by atoms with Gasteiger partial charge in [-0.15, -0.1) is 0 Å². The summed E-state index contributed by atoms with van der Waals surface area (Å²) >= 11 is 0. The number of unbranched alkanes of at least 4 members (excludes halogenated alkanes) is 2. The van der Waals surface area contributed by atoms with E-state index in [4.69, 9.17) is 23.7 Å². The largest absolute Gasteiger partial charge is 0.493 e. The average Bonchev–Trinajstić information content (AvgIpc) is 2.90. The number of likely N-dealkylation sites (tertiary alicyclic amines) is 1. The third kappa shape index (κ3) is 7.67. The number of piperidine rings is 1. The molecule has 1 aromatic carbocycles. The maximum atomic E-state index is 12.7. The first kappa shape index (κ1) is 27.0. The molecular formula is C27H41NO7. The molecule has 0 bridgehead atoms. The number of ether oxygens (including phenoxy) is 5. The van der Waals surface area contributed by atoms with Crippen LogP contribution in [0.15, 0.2) is 12.1 Å². The minimum atomic E-state index is -0.529. The fraction of sp³-hybridized carbons (Fsp3) is 0.704. The lowest BCUT2D eigenvalue weighted by Crippen LogP contribution is -2.49. The van der Waals surface area contributed by atoms with Crippen LogP contribution in [0.25, 0.3) is 0 Å². The summed E-state index contributed by atoms with van der Waals surface area (Å²) in [4.78, 5) is 27.1. The van der Waals surface area contributed by atoms with Gasteiger partial charge in [0.05, 0.1) is 27.9 Å². The highest BCUT2D eigenvalue weighted by Crippen LogP contribution is 2.38. The molecule has 1 saturated carbocycles. The topological polar surface area (TPSA) is 83.5 Å². The Kier molecular flexibility index (Phi) is 10.8. The van der Waals surface area contributed by atoms with Crippen molar-refractivity contribution in [3.05, 3.63) is 17.7 Å². The van der Waals surface area contributed by atoms with Crippen LogP contribution >= 0.6 is 0 Å². The Hall–Kier alpha value is -2.64. The molecule has 2 aliphatic rings. The van der Waals surface area contributed by atoms with E-state index in [1.54, 1.807) is 26.2 Å². The molecule has 1 heterocycles. The van der Waals surface area contributed by atoms with Crippen molar-refractivity contribution >= 4 is 12.1 Å². The third-order valence-electron chi connectivity index (χ3n) is 6.91. The predicted octanol–water partition coefficient (Wildman–Crippen LogP) is 5.29. The van der Waals surface area contributed by atoms with Crippen molar-refractivity contribution in [2.24, 2.45) is 0 Å². The lowest BCUT2D eigenvalue weighted by molar-refractivity contribution is -0.151. The first-order chi connectivity index (χ1) is 17.1. The van der Waals surface area contributed by atoms with Crippen LogP contribution in [0, 0.1) is 0 Å². The van der Waals surface area contributed by atoms with Gasteiger partial charge < -0.3 is 23.7 Å². The SMILES string of the molecule is COc1cc(CCCCCOC(=O)[C@@H]2CCCCN2C(=O)OC2CCCCC2)cc(OC)c1OC. The number of benzene rings is 1. The molecule has 196 valence electrons. The van der Waals surface area contributed by atoms with Crippen molar-refractivity contribution in [1.82, 2.24) is 4.90 Å². The molecule has 8 heteroatoms. The van der Waals surface area contributed by atoms with Gasteiger partial charge in [0, 0.05) is 6.54 Å². The Balaban J connectivity index is 1.40. The molecule has 35 heavy (non-hydrogen) atoms. The highest BCUT2D eigenvalue weighted by atomic mass is 16.6. The van der Waals surface area contributed by atoms with E-state index in [0.717, 1.165) is 69.8 Å². The zero-order valence-corrected chi connectivity index (χ0v) is 21.5. The van der Waals surface area contributed by atoms with Gasteiger partial charge >= 0.3 is 12.1 Å². The standard InChI is InChI=1S/C27H41NO7/c1-31-23-18-20(19-24(32-2)25(23)33-3)12-6-5-11-17-34-26(29)22-15-9-10-16-28(22)27(30)35-21-13-7-4-8-14-21/h18-19,21-22H,4-17H2,1-3H3/t22-/m0/s1. The van der Waals surface area contributed by atoms with Crippen LogP contribution in [-0.2, 0) is 20.7 Å². The van der Waals surface area contributed by atoms with Crippen molar-refractivity contribution < 1.29 is 33.3 Å². The van der Waals surface area contributed by atoms with E-state index in [9.17, 15) is 9.59 Å². The van der Waals surface area contributed by atoms with Crippen molar-refractivity contribution in [1.29, 1.82) is 0 Å². The molecule has 1 amide bonds. The number of hydrogen-bond donors (Lipinski definition) is 0. The van der Waals surface area contributed by atoms with Crippen LogP contribution in [0.5, 0.6) is 17.2 Å². The molecule has 0 spiro atoms. The van der Waals surface area contributed by atoms with Gasteiger partial charge in [-0.2, -0.15) is 0 Å². The maximum absolute atomic E-state index is 12.7. The highest BCUT2D eigenvalue weighted by molar-refractivity contribution is 5.81. The molecule has 0 radical (unpaired) electrons. The van der Waals surface area contributed by atoms with E-state index in [-0.39, 0.29) is 18.2 Å². The smallest absolute Gasteiger partial charge is 0.410 e. The number of aryl methyl sites for hydroxylation is 1. The number of hydrogen-bond acceptors (Lipinski definition) is 7. The summed E-state index contributed by atoms with van der Waals surface area (Å²) in [5.74, 6) is 1.57. The summed E-state index contributed by atoms with van der Waals surface area (Å²) in [6.45, 7) is 0.913. The van der Waals surface area contributed by atoms with Gasteiger partial charge in [-0.05, 0) is 88.3 Å². The third-order valence-corrected chi connectivity index (χ3v) is 6.91. The second-order valence-electron chi connectivity index (χ2n) is 9.36. The van der Waals surface area contributed by atoms with Crippen LogP contribution in [-0.4, -0.2) is 63.6 Å². The highest BCUT2D eigenvalue weighted by Gasteiger charge is 2.35. The van der Waals surface area contributed by atoms with Crippen LogP contribution in [0.2, 0.25) is 0 Å². The Morgan fingerprint density at radius 2 is 1.54 bits per heavy atom. The number of amides is 1. The van der Waals surface area contributed by atoms with Gasteiger partial charge in [-0.3, -0.25) is 4.90 Å². The van der Waals surface area contributed by atoms with Crippen molar-refractivity contribution in [2.75, 3.05) is 34.5 Å². The Bertz CT molecular complexity index is 797. The number of methoxy groups -OCH3 is 3. The normalized spacial score (nSPS) is 18.6. The number of esters is 1. The van der Waals surface area contributed by atoms with Crippen molar-refractivity contribution in [3.8, 4) is 17.2 Å². The van der Waals surface area contributed by atoms with E-state index in [2.05, 4.69) is 0 Å². The maximum Gasteiger partial charge on any atom is 0.410 e. The average molecular weight is 492 g/mol. The minimum absolute atomic E-state index is 0.0134. The summed E-state index contributed by atoms with van der Waals surface area (Å²) in [5.41, 5.74) is 1.10. The summed E-state index contributed by atoms with van der Waals surface area (Å²) in [5, 5.41) is 0. The summed E-state index contributed by atoms with van der Waals surface area (Å²) in [7, 11) is 4.81. The molecule has 1 aliphatic carbocycles. The fourth-order valence-corrected chi connectivity index (χ4v) is 4.95. The fourth-order valence-electron chi connectivity index (χ4n) is 4.95. The van der Waals surface area contributed by atoms with E-state index in [1.807, 2.05) is 12.1 Å². The number of carbonyl (C=O) groups is 2. The lowest BCUT2D eigenvalue weighted by atomic mass is 9.98. The summed E-state index contributed by atoms with van der Waals surface area (Å²) in [6.07, 6.45) is 10.8. The van der Waals surface area contributed by atoms with E-state index in [1.165, 1.54) is 6.42 Å². The Labute approximate surface area is 209 Å². The molecule has 1 saturated heterocycles. The number of nitrogens with zero attached hydrogens (tertiary/aromatic N) is 1. The zero-order valence-electron chi connectivity index (χ0n) is 21.5. The molecule has 1 aromatic rings. The minimum Gasteiger partial charge on any atom is -0.493 e. The zero-order chi connectivity index (χ0) is 25.0. The summed E-state index contributed by atoms with van der Waals surface area (Å²) < 4.78 is 27.5. The van der Waals surface area contributed by atoms with Gasteiger partial charge in [-0.1, -0.05) is 6.42 Å². The van der Waals surface area contributed by atoms with Gasteiger partial charge in [-0.25, -0.2) is 9.59 Å². The van der Waals surface area contributed by atoms with Crippen molar-refractivity contribution in [2.45, 2.75) is 89.2 Å². The molecular weight excluding hydrogens is 450 g/mol. The number of rotatable bonds is 11. The van der Waals surface area contributed by atoms with E-state index < -0.39 is 6.04 Å². The van der Waals surface area contributed by atoms with Crippen LogP contribution in [0.1, 0.15) is 76.2 Å². The van der Waals surface area contributed by atoms with Crippen LogP contribution in [0.3, 0.4) is 0 Å². The first-order valence-electron chi connectivity index (χ1n) is 13.0. The first-order valence-corrected chi connectivity index (χ1v) is 13.0. The molecule has 0 aromatic heterocycles. The van der Waals surface area contributed by atoms with Crippen LogP contribution < -0.4 is 14.2 Å². The second kappa shape index (κ2) is 14.0. The molecule has 2 fully saturated rings. The molecule has 3 rings (SSSR count). The lowest BCUT2D eigenvalue weighted by Gasteiger charge is -2.34. The Morgan fingerprint density at radius 1 is 0.857 bits per heavy atom. The molecule has 1 atom stereocenters. The monoisotopic (exact) mass is 491 g/mol. The van der Waals surface area contributed by atoms with Crippen LogP contribution in [0.4, 0.5) is 4.79 Å². The quantitative estimate of drug-likeness (QED) is 0.307. The predicted molar refractivity (Wildman–Crippen MR) is 132 cm³/mol.